The summed E-state index contributed by atoms with van der Waals surface area (Å²) in [6.45, 7) is 0. The number of methoxy groups -OCH3 is 1. The Bertz CT molecular complexity index is 655. The van der Waals surface area contributed by atoms with Crippen LogP contribution in [0.2, 0.25) is 5.02 Å². The molecule has 1 aromatic heterocycles. The topological polar surface area (TPSA) is 39.2 Å². The Morgan fingerprint density at radius 3 is 2.58 bits per heavy atom. The molecule has 3 nitrogen and oxygen atoms in total. The van der Waals surface area contributed by atoms with Gasteiger partial charge in [-0.3, -0.25) is 0 Å². The van der Waals surface area contributed by atoms with Crippen LogP contribution < -0.4 is 0 Å². The van der Waals surface area contributed by atoms with Gasteiger partial charge in [0, 0.05) is 10.4 Å². The lowest BCUT2D eigenvalue weighted by molar-refractivity contribution is -0.141. The van der Waals surface area contributed by atoms with Crippen molar-refractivity contribution in [2.24, 2.45) is 0 Å². The highest BCUT2D eigenvalue weighted by Gasteiger charge is 2.38. The molecule has 0 radical (unpaired) electrons. The molecular formula is C12H7ClF3NO2. The minimum absolute atomic E-state index is 0.101. The highest BCUT2D eigenvalue weighted by Crippen LogP contribution is 2.33. The lowest BCUT2D eigenvalue weighted by atomic mass is 10.1. The van der Waals surface area contributed by atoms with E-state index in [-0.39, 0.29) is 5.52 Å². The smallest absolute Gasteiger partial charge is 0.434 e. The first-order valence-corrected chi connectivity index (χ1v) is 5.46. The molecular weight excluding hydrogens is 283 g/mol. The van der Waals surface area contributed by atoms with Crippen molar-refractivity contribution in [3.05, 3.63) is 40.5 Å². The fourth-order valence-electron chi connectivity index (χ4n) is 1.63. The maximum absolute atomic E-state index is 12.9. The maximum atomic E-state index is 12.9. The van der Waals surface area contributed by atoms with Gasteiger partial charge in [-0.05, 0) is 24.3 Å². The van der Waals surface area contributed by atoms with Gasteiger partial charge >= 0.3 is 12.1 Å². The van der Waals surface area contributed by atoms with Crippen LogP contribution in [-0.4, -0.2) is 18.1 Å². The van der Waals surface area contributed by atoms with Crippen LogP contribution in [0.4, 0.5) is 13.2 Å². The normalized spacial score (nSPS) is 11.6. The van der Waals surface area contributed by atoms with Crippen LogP contribution in [0.25, 0.3) is 10.9 Å². The molecule has 0 amide bonds. The highest BCUT2D eigenvalue weighted by atomic mass is 35.5. The zero-order chi connectivity index (χ0) is 14.2. The van der Waals surface area contributed by atoms with Gasteiger partial charge in [0.1, 0.15) is 0 Å². The zero-order valence-electron chi connectivity index (χ0n) is 9.58. The molecule has 0 aliphatic heterocycles. The monoisotopic (exact) mass is 289 g/mol. The third-order valence-electron chi connectivity index (χ3n) is 2.45. The molecule has 0 fully saturated rings. The van der Waals surface area contributed by atoms with Crippen LogP contribution >= 0.6 is 11.6 Å². The second kappa shape index (κ2) is 4.70. The Morgan fingerprint density at radius 2 is 2.00 bits per heavy atom. The summed E-state index contributed by atoms with van der Waals surface area (Å²) in [4.78, 5) is 14.9. The molecule has 0 atom stereocenters. The standard InChI is InChI=1S/C12H7ClF3NO2/c1-19-11(18)8-5-6-4-7(13)2-3-9(6)17-10(8)12(14,15)16/h2-5H,1H3. The van der Waals surface area contributed by atoms with Crippen molar-refractivity contribution in [2.75, 3.05) is 7.11 Å². The molecule has 1 aromatic carbocycles. The Kier molecular flexibility index (Phi) is 3.36. The molecule has 0 unspecified atom stereocenters. The van der Waals surface area contributed by atoms with Crippen LogP contribution in [0.1, 0.15) is 16.1 Å². The molecule has 7 heteroatoms. The number of hydrogen-bond acceptors (Lipinski definition) is 3. The van der Waals surface area contributed by atoms with Crippen molar-refractivity contribution in [3.63, 3.8) is 0 Å². The Morgan fingerprint density at radius 1 is 1.32 bits per heavy atom. The van der Waals surface area contributed by atoms with E-state index in [9.17, 15) is 18.0 Å². The molecule has 1 heterocycles. The first-order chi connectivity index (χ1) is 8.82. The van der Waals surface area contributed by atoms with E-state index in [0.29, 0.717) is 10.4 Å². The van der Waals surface area contributed by atoms with Gasteiger partial charge in [0.15, 0.2) is 5.69 Å². The summed E-state index contributed by atoms with van der Waals surface area (Å²) in [6, 6.07) is 5.28. The number of ether oxygens (including phenoxy) is 1. The lowest BCUT2D eigenvalue weighted by Gasteiger charge is -2.11. The Labute approximate surface area is 111 Å². The second-order valence-electron chi connectivity index (χ2n) is 3.71. The molecule has 0 saturated heterocycles. The number of hydrogen-bond donors (Lipinski definition) is 0. The van der Waals surface area contributed by atoms with E-state index in [4.69, 9.17) is 11.6 Å². The van der Waals surface area contributed by atoms with Gasteiger partial charge in [-0.1, -0.05) is 11.6 Å². The van der Waals surface area contributed by atoms with E-state index in [1.54, 1.807) is 0 Å². The summed E-state index contributed by atoms with van der Waals surface area (Å²) in [6.07, 6.45) is -4.74. The number of esters is 1. The second-order valence-corrected chi connectivity index (χ2v) is 4.15. The number of carbonyl (C=O) groups excluding carboxylic acids is 1. The number of halogens is 4. The van der Waals surface area contributed by atoms with E-state index < -0.39 is 23.4 Å². The lowest BCUT2D eigenvalue weighted by Crippen LogP contribution is -2.16. The van der Waals surface area contributed by atoms with Crippen LogP contribution in [0, 0.1) is 0 Å². The molecule has 0 aliphatic rings. The fourth-order valence-corrected chi connectivity index (χ4v) is 1.81. The van der Waals surface area contributed by atoms with Gasteiger partial charge in [0.05, 0.1) is 18.2 Å². The van der Waals surface area contributed by atoms with Gasteiger partial charge in [-0.2, -0.15) is 13.2 Å². The summed E-state index contributed by atoms with van der Waals surface area (Å²) < 4.78 is 42.9. The van der Waals surface area contributed by atoms with Gasteiger partial charge < -0.3 is 4.74 Å². The Hall–Kier alpha value is -1.82. The van der Waals surface area contributed by atoms with Crippen LogP contribution in [0.3, 0.4) is 0 Å². The number of benzene rings is 1. The number of carbonyl (C=O) groups is 1. The minimum Gasteiger partial charge on any atom is -0.465 e. The minimum atomic E-state index is -4.74. The van der Waals surface area contributed by atoms with Crippen LogP contribution in [0.5, 0.6) is 0 Å². The molecule has 0 saturated carbocycles. The van der Waals surface area contributed by atoms with Crippen molar-refractivity contribution in [2.45, 2.75) is 6.18 Å². The summed E-state index contributed by atoms with van der Waals surface area (Å²) in [5.74, 6) is -1.10. The number of fused-ring (bicyclic) bond motifs is 1. The quantitative estimate of drug-likeness (QED) is 0.752. The third-order valence-corrected chi connectivity index (χ3v) is 2.69. The van der Waals surface area contributed by atoms with Crippen LogP contribution in [0.15, 0.2) is 24.3 Å². The molecule has 0 aliphatic carbocycles. The molecule has 2 rings (SSSR count). The van der Waals surface area contributed by atoms with Crippen LogP contribution in [-0.2, 0) is 10.9 Å². The molecule has 19 heavy (non-hydrogen) atoms. The summed E-state index contributed by atoms with van der Waals surface area (Å²) >= 11 is 5.75. The maximum Gasteiger partial charge on any atom is 0.434 e. The summed E-state index contributed by atoms with van der Waals surface area (Å²) in [5, 5.41) is 0.672. The number of pyridine rings is 1. The van der Waals surface area contributed by atoms with Gasteiger partial charge in [-0.25, -0.2) is 9.78 Å². The van der Waals surface area contributed by atoms with E-state index in [2.05, 4.69) is 9.72 Å². The van der Waals surface area contributed by atoms with E-state index in [0.717, 1.165) is 13.2 Å². The van der Waals surface area contributed by atoms with Crippen molar-refractivity contribution in [1.29, 1.82) is 0 Å². The zero-order valence-corrected chi connectivity index (χ0v) is 10.3. The molecule has 100 valence electrons. The predicted molar refractivity (Wildman–Crippen MR) is 63.1 cm³/mol. The van der Waals surface area contributed by atoms with Crippen molar-refractivity contribution in [3.8, 4) is 0 Å². The number of alkyl halides is 3. The molecule has 0 bridgehead atoms. The van der Waals surface area contributed by atoms with E-state index in [1.165, 1.54) is 18.2 Å². The highest BCUT2D eigenvalue weighted by molar-refractivity contribution is 6.31. The van der Waals surface area contributed by atoms with Crippen molar-refractivity contribution >= 4 is 28.5 Å². The average molecular weight is 290 g/mol. The first-order valence-electron chi connectivity index (χ1n) is 5.09. The number of aromatic nitrogens is 1. The van der Waals surface area contributed by atoms with E-state index in [1.807, 2.05) is 0 Å². The molecule has 0 N–H and O–H groups in total. The average Bonchev–Trinajstić information content (AvgIpc) is 2.35. The van der Waals surface area contributed by atoms with Gasteiger partial charge in [0.25, 0.3) is 0 Å². The van der Waals surface area contributed by atoms with E-state index >= 15 is 0 Å². The third kappa shape index (κ3) is 2.63. The number of nitrogens with zero attached hydrogens (tertiary/aromatic N) is 1. The number of rotatable bonds is 1. The van der Waals surface area contributed by atoms with Crippen molar-refractivity contribution < 1.29 is 22.7 Å². The molecule has 2 aromatic rings. The summed E-state index contributed by atoms with van der Waals surface area (Å²) in [5.41, 5.74) is -1.80. The summed E-state index contributed by atoms with van der Waals surface area (Å²) in [7, 11) is 1.00. The van der Waals surface area contributed by atoms with Crippen molar-refractivity contribution in [1.82, 2.24) is 4.98 Å². The fraction of sp³-hybridized carbons (Fsp3) is 0.167. The SMILES string of the molecule is COC(=O)c1cc2cc(Cl)ccc2nc1C(F)(F)F. The molecule has 0 spiro atoms. The van der Waals surface area contributed by atoms with Gasteiger partial charge in [0.2, 0.25) is 0 Å². The largest absolute Gasteiger partial charge is 0.465 e. The predicted octanol–water partition coefficient (Wildman–Crippen LogP) is 3.69. The first kappa shape index (κ1) is 13.6. The Balaban J connectivity index is 2.78. The van der Waals surface area contributed by atoms with Gasteiger partial charge in [-0.15, -0.1) is 0 Å².